The number of nitrogens with one attached hydrogen (secondary N) is 2. The van der Waals surface area contributed by atoms with Crippen LogP contribution in [0.4, 0.5) is 0 Å². The first-order chi connectivity index (χ1) is 6.07. The number of hydrazine groups is 1. The van der Waals surface area contributed by atoms with Crippen molar-refractivity contribution < 1.29 is 9.90 Å². The molecule has 0 unspecified atom stereocenters. The second-order valence-electron chi connectivity index (χ2n) is 3.59. The minimum atomic E-state index is -0.794. The van der Waals surface area contributed by atoms with Crippen LogP contribution in [0.2, 0.25) is 0 Å². The van der Waals surface area contributed by atoms with Gasteiger partial charge in [-0.2, -0.15) is 0 Å². The molecule has 4 heteroatoms. The molecule has 0 rings (SSSR count). The van der Waals surface area contributed by atoms with Gasteiger partial charge in [0.05, 0.1) is 0 Å². The van der Waals surface area contributed by atoms with Gasteiger partial charge in [0.25, 0.3) is 0 Å². The Labute approximate surface area is 79.7 Å². The molecule has 0 aromatic heterocycles. The van der Waals surface area contributed by atoms with Gasteiger partial charge in [0.1, 0.15) is 6.04 Å². The van der Waals surface area contributed by atoms with Crippen LogP contribution < -0.4 is 10.9 Å². The predicted octanol–water partition coefficient (Wildman–Crippen LogP) is 0.990. The summed E-state index contributed by atoms with van der Waals surface area (Å²) in [5.74, 6) is -0.408. The van der Waals surface area contributed by atoms with Crippen LogP contribution >= 0.6 is 0 Å². The molecule has 0 aliphatic heterocycles. The fourth-order valence-electron chi connectivity index (χ4n) is 1.01. The monoisotopic (exact) mass is 188 g/mol. The molecule has 0 aromatic carbocycles. The smallest absolute Gasteiger partial charge is 0.322 e. The van der Waals surface area contributed by atoms with Crippen LogP contribution in [-0.4, -0.2) is 23.7 Å². The van der Waals surface area contributed by atoms with Crippen LogP contribution in [0, 0.1) is 5.92 Å². The number of hydrogen-bond donors (Lipinski definition) is 3. The number of carbonyl (C=O) groups is 1. The number of aliphatic carboxylic acids is 1. The van der Waals surface area contributed by atoms with Crippen molar-refractivity contribution in [3.63, 3.8) is 0 Å². The highest BCUT2D eigenvalue weighted by molar-refractivity contribution is 5.73. The van der Waals surface area contributed by atoms with E-state index in [0.29, 0.717) is 12.3 Å². The molecular weight excluding hydrogens is 168 g/mol. The average molecular weight is 188 g/mol. The largest absolute Gasteiger partial charge is 0.480 e. The van der Waals surface area contributed by atoms with Crippen molar-refractivity contribution in [3.8, 4) is 0 Å². The number of rotatable bonds is 7. The Morgan fingerprint density at radius 3 is 2.46 bits per heavy atom. The number of carboxylic acid groups (broad SMARTS) is 1. The van der Waals surface area contributed by atoms with Crippen molar-refractivity contribution >= 4 is 5.97 Å². The second-order valence-corrected chi connectivity index (χ2v) is 3.59. The van der Waals surface area contributed by atoms with Crippen molar-refractivity contribution in [2.24, 2.45) is 5.92 Å². The van der Waals surface area contributed by atoms with Crippen LogP contribution in [0.1, 0.15) is 33.6 Å². The summed E-state index contributed by atoms with van der Waals surface area (Å²) in [6, 6.07) is -0.480. The van der Waals surface area contributed by atoms with E-state index in [4.69, 9.17) is 5.11 Å². The third-order valence-corrected chi connectivity index (χ3v) is 1.66. The zero-order chi connectivity index (χ0) is 10.3. The van der Waals surface area contributed by atoms with Gasteiger partial charge in [-0.3, -0.25) is 10.2 Å². The molecule has 0 spiro atoms. The molecule has 1 atom stereocenters. The highest BCUT2D eigenvalue weighted by atomic mass is 16.4. The van der Waals surface area contributed by atoms with E-state index in [9.17, 15) is 4.79 Å². The van der Waals surface area contributed by atoms with Crippen molar-refractivity contribution in [1.82, 2.24) is 10.9 Å². The molecule has 0 heterocycles. The molecule has 0 aliphatic rings. The van der Waals surface area contributed by atoms with Gasteiger partial charge in [0.15, 0.2) is 0 Å². The van der Waals surface area contributed by atoms with Crippen LogP contribution in [-0.2, 0) is 4.79 Å². The predicted molar refractivity (Wildman–Crippen MR) is 52.3 cm³/mol. The summed E-state index contributed by atoms with van der Waals surface area (Å²) in [7, 11) is 0. The summed E-state index contributed by atoms with van der Waals surface area (Å²) in [6.07, 6.45) is 1.63. The molecule has 0 fully saturated rings. The molecule has 0 saturated heterocycles. The van der Waals surface area contributed by atoms with Gasteiger partial charge in [0.2, 0.25) is 0 Å². The average Bonchev–Trinajstić information content (AvgIpc) is 2.02. The summed E-state index contributed by atoms with van der Waals surface area (Å²) in [5.41, 5.74) is 5.69. The fraction of sp³-hybridized carbons (Fsp3) is 0.889. The topological polar surface area (TPSA) is 61.4 Å². The molecular formula is C9H20N2O2. The van der Waals surface area contributed by atoms with Crippen molar-refractivity contribution in [2.45, 2.75) is 39.7 Å². The van der Waals surface area contributed by atoms with E-state index in [-0.39, 0.29) is 0 Å². The Morgan fingerprint density at radius 1 is 1.46 bits per heavy atom. The molecule has 4 nitrogen and oxygen atoms in total. The summed E-state index contributed by atoms with van der Waals surface area (Å²) in [4.78, 5) is 10.7. The van der Waals surface area contributed by atoms with E-state index in [0.717, 1.165) is 13.0 Å². The third kappa shape index (κ3) is 6.54. The van der Waals surface area contributed by atoms with E-state index in [2.05, 4.69) is 10.9 Å². The summed E-state index contributed by atoms with van der Waals surface area (Å²) >= 11 is 0. The standard InChI is InChI=1S/C9H20N2O2/c1-4-5-10-11-8(9(12)13)6-7(2)3/h7-8,10-11H,4-6H2,1-3H3,(H,12,13)/t8-/m0/s1. The van der Waals surface area contributed by atoms with Crippen molar-refractivity contribution in [1.29, 1.82) is 0 Å². The van der Waals surface area contributed by atoms with E-state index in [1.54, 1.807) is 0 Å². The van der Waals surface area contributed by atoms with Crippen LogP contribution in [0.25, 0.3) is 0 Å². The first-order valence-corrected chi connectivity index (χ1v) is 4.79. The lowest BCUT2D eigenvalue weighted by Gasteiger charge is -2.16. The zero-order valence-corrected chi connectivity index (χ0v) is 8.63. The Bertz CT molecular complexity index is 149. The van der Waals surface area contributed by atoms with Crippen LogP contribution in [0.3, 0.4) is 0 Å². The molecule has 0 aromatic rings. The first kappa shape index (κ1) is 12.4. The van der Waals surface area contributed by atoms with Crippen molar-refractivity contribution in [3.05, 3.63) is 0 Å². The number of hydrogen-bond acceptors (Lipinski definition) is 3. The maximum Gasteiger partial charge on any atom is 0.322 e. The summed E-state index contributed by atoms with van der Waals surface area (Å²) < 4.78 is 0. The molecule has 0 saturated carbocycles. The van der Waals surface area contributed by atoms with E-state index < -0.39 is 12.0 Å². The van der Waals surface area contributed by atoms with E-state index >= 15 is 0 Å². The fourth-order valence-corrected chi connectivity index (χ4v) is 1.01. The lowest BCUT2D eigenvalue weighted by atomic mass is 10.0. The van der Waals surface area contributed by atoms with E-state index in [1.165, 1.54) is 0 Å². The normalized spacial score (nSPS) is 13.2. The van der Waals surface area contributed by atoms with Crippen LogP contribution in [0.15, 0.2) is 0 Å². The van der Waals surface area contributed by atoms with Crippen LogP contribution in [0.5, 0.6) is 0 Å². The molecule has 78 valence electrons. The Hall–Kier alpha value is -0.610. The highest BCUT2D eigenvalue weighted by Gasteiger charge is 2.17. The Kier molecular flexibility index (Phi) is 6.54. The molecule has 13 heavy (non-hydrogen) atoms. The highest BCUT2D eigenvalue weighted by Crippen LogP contribution is 2.03. The number of carboxylic acids is 1. The molecule has 0 radical (unpaired) electrons. The maximum atomic E-state index is 10.7. The molecule has 0 aliphatic carbocycles. The minimum absolute atomic E-state index is 0.386. The zero-order valence-electron chi connectivity index (χ0n) is 8.63. The third-order valence-electron chi connectivity index (χ3n) is 1.66. The van der Waals surface area contributed by atoms with Gasteiger partial charge in [-0.15, -0.1) is 0 Å². The van der Waals surface area contributed by atoms with Gasteiger partial charge in [-0.1, -0.05) is 20.8 Å². The lowest BCUT2D eigenvalue weighted by molar-refractivity contribution is -0.140. The Balaban J connectivity index is 3.74. The summed E-state index contributed by atoms with van der Waals surface area (Å²) in [6.45, 7) is 6.85. The summed E-state index contributed by atoms with van der Waals surface area (Å²) in [5, 5.41) is 8.82. The van der Waals surface area contributed by atoms with Gasteiger partial charge in [-0.25, -0.2) is 5.43 Å². The quantitative estimate of drug-likeness (QED) is 0.412. The lowest BCUT2D eigenvalue weighted by Crippen LogP contribution is -2.46. The SMILES string of the molecule is CCCNN[C@@H](CC(C)C)C(=O)O. The maximum absolute atomic E-state index is 10.7. The second kappa shape index (κ2) is 6.86. The minimum Gasteiger partial charge on any atom is -0.480 e. The van der Waals surface area contributed by atoms with Gasteiger partial charge < -0.3 is 5.11 Å². The molecule has 3 N–H and O–H groups in total. The van der Waals surface area contributed by atoms with Gasteiger partial charge >= 0.3 is 5.97 Å². The molecule has 0 bridgehead atoms. The van der Waals surface area contributed by atoms with Gasteiger partial charge in [-0.05, 0) is 18.8 Å². The molecule has 0 amide bonds. The van der Waals surface area contributed by atoms with E-state index in [1.807, 2.05) is 20.8 Å². The van der Waals surface area contributed by atoms with Crippen molar-refractivity contribution in [2.75, 3.05) is 6.54 Å². The first-order valence-electron chi connectivity index (χ1n) is 4.79. The Morgan fingerprint density at radius 2 is 2.08 bits per heavy atom. The van der Waals surface area contributed by atoms with Gasteiger partial charge in [0, 0.05) is 6.54 Å².